The average Bonchev–Trinajstić information content (AvgIpc) is 2.98. The zero-order valence-corrected chi connectivity index (χ0v) is 13.6. The van der Waals surface area contributed by atoms with Gasteiger partial charge in [-0.25, -0.2) is 0 Å². The molecule has 1 heterocycles. The molecule has 1 unspecified atom stereocenters. The molecule has 1 amide bonds. The Kier molecular flexibility index (Phi) is 7.86. The van der Waals surface area contributed by atoms with Gasteiger partial charge in [-0.2, -0.15) is 0 Å². The lowest BCUT2D eigenvalue weighted by Gasteiger charge is -2.16. The number of likely N-dealkylation sites (tertiary alicyclic amines) is 1. The molecule has 118 valence electrons. The van der Waals surface area contributed by atoms with Crippen LogP contribution < -0.4 is 0 Å². The number of aliphatic hydroxyl groups is 1. The Morgan fingerprint density at radius 3 is 2.38 bits per heavy atom. The third-order valence-corrected chi connectivity index (χ3v) is 3.94. The minimum Gasteiger partial charge on any atom is -0.508 e. The number of amides is 1. The topological polar surface area (TPSA) is 60.8 Å². The SMILES string of the molecule is CC(CO)CC(=O)N1CCCC1.Oc1ccc(Cl)c(Cl)c1. The van der Waals surface area contributed by atoms with E-state index in [0.29, 0.717) is 16.5 Å². The summed E-state index contributed by atoms with van der Waals surface area (Å²) in [5.74, 6) is 0.441. The summed E-state index contributed by atoms with van der Waals surface area (Å²) < 4.78 is 0. The molecule has 0 aliphatic carbocycles. The Morgan fingerprint density at radius 2 is 1.90 bits per heavy atom. The van der Waals surface area contributed by atoms with Crippen molar-refractivity contribution in [2.75, 3.05) is 19.7 Å². The molecular formula is C15H21Cl2NO3. The molecule has 1 atom stereocenters. The lowest BCUT2D eigenvalue weighted by atomic mass is 10.1. The molecule has 6 heteroatoms. The van der Waals surface area contributed by atoms with Gasteiger partial charge in [0.15, 0.2) is 0 Å². The quantitative estimate of drug-likeness (QED) is 0.891. The van der Waals surface area contributed by atoms with Crippen LogP contribution in [0.1, 0.15) is 26.2 Å². The first-order valence-corrected chi connectivity index (χ1v) is 7.72. The van der Waals surface area contributed by atoms with E-state index in [-0.39, 0.29) is 24.2 Å². The van der Waals surface area contributed by atoms with Gasteiger partial charge in [-0.3, -0.25) is 4.79 Å². The summed E-state index contributed by atoms with van der Waals surface area (Å²) in [6, 6.07) is 4.41. The molecule has 1 aromatic carbocycles. The molecule has 4 nitrogen and oxygen atoms in total. The maximum absolute atomic E-state index is 11.4. The van der Waals surface area contributed by atoms with Gasteiger partial charge in [-0.05, 0) is 37.0 Å². The molecule has 0 spiro atoms. The van der Waals surface area contributed by atoms with Crippen molar-refractivity contribution in [3.05, 3.63) is 28.2 Å². The van der Waals surface area contributed by atoms with Crippen LogP contribution in [0.2, 0.25) is 10.0 Å². The molecule has 1 aliphatic rings. The van der Waals surface area contributed by atoms with Crippen LogP contribution in [-0.4, -0.2) is 40.7 Å². The first-order chi connectivity index (χ1) is 9.93. The lowest BCUT2D eigenvalue weighted by molar-refractivity contribution is -0.131. The summed E-state index contributed by atoms with van der Waals surface area (Å²) in [5, 5.41) is 18.4. The standard InChI is InChI=1S/C9H17NO2.C6H4Cl2O/c1-8(7-11)6-9(12)10-4-2-3-5-10;7-5-2-1-4(9)3-6(5)8/h8,11H,2-7H2,1H3;1-3,9H. The van der Waals surface area contributed by atoms with Crippen LogP contribution in [0, 0.1) is 5.92 Å². The van der Waals surface area contributed by atoms with Gasteiger partial charge in [0.25, 0.3) is 0 Å². The van der Waals surface area contributed by atoms with Gasteiger partial charge in [-0.15, -0.1) is 0 Å². The number of rotatable bonds is 3. The monoisotopic (exact) mass is 333 g/mol. The molecule has 1 aliphatic heterocycles. The number of aromatic hydroxyl groups is 1. The van der Waals surface area contributed by atoms with E-state index >= 15 is 0 Å². The Bertz CT molecular complexity index is 462. The van der Waals surface area contributed by atoms with E-state index in [0.717, 1.165) is 25.9 Å². The number of hydrogen-bond donors (Lipinski definition) is 2. The largest absolute Gasteiger partial charge is 0.508 e. The van der Waals surface area contributed by atoms with E-state index in [1.807, 2.05) is 11.8 Å². The van der Waals surface area contributed by atoms with Crippen molar-refractivity contribution < 1.29 is 15.0 Å². The number of carbonyl (C=O) groups is 1. The molecule has 1 fully saturated rings. The highest BCUT2D eigenvalue weighted by Gasteiger charge is 2.19. The molecule has 0 radical (unpaired) electrons. The summed E-state index contributed by atoms with van der Waals surface area (Å²) in [6.07, 6.45) is 2.77. The Morgan fingerprint density at radius 1 is 1.29 bits per heavy atom. The van der Waals surface area contributed by atoms with E-state index in [9.17, 15) is 4.79 Å². The highest BCUT2D eigenvalue weighted by Crippen LogP contribution is 2.25. The average molecular weight is 334 g/mol. The normalized spacial score (nSPS) is 15.3. The summed E-state index contributed by atoms with van der Waals surface area (Å²) >= 11 is 11.1. The fourth-order valence-electron chi connectivity index (χ4n) is 1.94. The van der Waals surface area contributed by atoms with Crippen LogP contribution in [0.3, 0.4) is 0 Å². The molecular weight excluding hydrogens is 313 g/mol. The summed E-state index contributed by atoms with van der Waals surface area (Å²) in [4.78, 5) is 13.3. The van der Waals surface area contributed by atoms with E-state index in [1.54, 1.807) is 6.07 Å². The van der Waals surface area contributed by atoms with Crippen molar-refractivity contribution in [3.63, 3.8) is 0 Å². The first kappa shape index (κ1) is 18.1. The number of halogens is 2. The molecule has 1 saturated heterocycles. The van der Waals surface area contributed by atoms with Crippen LogP contribution >= 0.6 is 23.2 Å². The smallest absolute Gasteiger partial charge is 0.222 e. The van der Waals surface area contributed by atoms with E-state index in [4.69, 9.17) is 33.4 Å². The van der Waals surface area contributed by atoms with Crippen molar-refractivity contribution in [2.45, 2.75) is 26.2 Å². The minimum atomic E-state index is 0.109. The molecule has 21 heavy (non-hydrogen) atoms. The molecule has 2 rings (SSSR count). The van der Waals surface area contributed by atoms with Crippen LogP contribution in [0.5, 0.6) is 5.75 Å². The second kappa shape index (κ2) is 9.13. The van der Waals surface area contributed by atoms with E-state index in [2.05, 4.69) is 0 Å². The van der Waals surface area contributed by atoms with Crippen LogP contribution in [0.25, 0.3) is 0 Å². The molecule has 0 aromatic heterocycles. The molecule has 0 saturated carbocycles. The number of hydrogen-bond acceptors (Lipinski definition) is 3. The second-order valence-electron chi connectivity index (χ2n) is 5.18. The minimum absolute atomic E-state index is 0.109. The first-order valence-electron chi connectivity index (χ1n) is 6.96. The van der Waals surface area contributed by atoms with E-state index < -0.39 is 0 Å². The van der Waals surface area contributed by atoms with E-state index in [1.165, 1.54) is 12.1 Å². The number of benzene rings is 1. The van der Waals surface area contributed by atoms with Crippen molar-refractivity contribution in [1.82, 2.24) is 4.90 Å². The van der Waals surface area contributed by atoms with Crippen LogP contribution in [0.15, 0.2) is 18.2 Å². The molecule has 0 bridgehead atoms. The second-order valence-corrected chi connectivity index (χ2v) is 5.99. The van der Waals surface area contributed by atoms with Gasteiger partial charge in [0.2, 0.25) is 5.91 Å². The van der Waals surface area contributed by atoms with Crippen molar-refractivity contribution >= 4 is 29.1 Å². The fraction of sp³-hybridized carbons (Fsp3) is 0.533. The predicted molar refractivity (Wildman–Crippen MR) is 84.8 cm³/mol. The van der Waals surface area contributed by atoms with Crippen molar-refractivity contribution in [3.8, 4) is 5.75 Å². The fourth-order valence-corrected chi connectivity index (χ4v) is 2.24. The highest BCUT2D eigenvalue weighted by molar-refractivity contribution is 6.42. The Hall–Kier alpha value is -0.970. The van der Waals surface area contributed by atoms with Gasteiger partial charge >= 0.3 is 0 Å². The summed E-state index contributed by atoms with van der Waals surface area (Å²) in [6.45, 7) is 3.83. The zero-order valence-electron chi connectivity index (χ0n) is 12.1. The Labute approximate surface area is 135 Å². The maximum atomic E-state index is 11.4. The number of carbonyl (C=O) groups excluding carboxylic acids is 1. The lowest BCUT2D eigenvalue weighted by Crippen LogP contribution is -2.29. The summed E-state index contributed by atoms with van der Waals surface area (Å²) in [5.41, 5.74) is 0. The number of phenolic OH excluding ortho intramolecular Hbond substituents is 1. The van der Waals surface area contributed by atoms with Crippen molar-refractivity contribution in [1.29, 1.82) is 0 Å². The third kappa shape index (κ3) is 6.55. The highest BCUT2D eigenvalue weighted by atomic mass is 35.5. The molecule has 2 N–H and O–H groups in total. The predicted octanol–water partition coefficient (Wildman–Crippen LogP) is 3.33. The van der Waals surface area contributed by atoms with Crippen molar-refractivity contribution in [2.24, 2.45) is 5.92 Å². The van der Waals surface area contributed by atoms with Gasteiger partial charge in [-0.1, -0.05) is 30.1 Å². The third-order valence-electron chi connectivity index (χ3n) is 3.20. The van der Waals surface area contributed by atoms with Gasteiger partial charge in [0.05, 0.1) is 10.0 Å². The van der Waals surface area contributed by atoms with Crippen LogP contribution in [-0.2, 0) is 4.79 Å². The number of aliphatic hydroxyl groups excluding tert-OH is 1. The van der Waals surface area contributed by atoms with Gasteiger partial charge < -0.3 is 15.1 Å². The number of phenols is 1. The Balaban J connectivity index is 0.000000219. The van der Waals surface area contributed by atoms with Crippen LogP contribution in [0.4, 0.5) is 0 Å². The zero-order chi connectivity index (χ0) is 15.8. The van der Waals surface area contributed by atoms with Gasteiger partial charge in [0, 0.05) is 26.1 Å². The molecule has 1 aromatic rings. The number of nitrogens with zero attached hydrogens (tertiary/aromatic N) is 1. The van der Waals surface area contributed by atoms with Gasteiger partial charge in [0.1, 0.15) is 5.75 Å². The summed E-state index contributed by atoms with van der Waals surface area (Å²) in [7, 11) is 0. The maximum Gasteiger partial charge on any atom is 0.222 e.